The molecule has 0 bridgehead atoms. The van der Waals surface area contributed by atoms with Crippen molar-refractivity contribution in [3.63, 3.8) is 0 Å². The molecule has 0 radical (unpaired) electrons. The minimum absolute atomic E-state index is 0.239. The Bertz CT molecular complexity index is 191. The van der Waals surface area contributed by atoms with E-state index in [0.29, 0.717) is 12.5 Å². The minimum atomic E-state index is 0.239. The van der Waals surface area contributed by atoms with Crippen LogP contribution in [0.4, 0.5) is 0 Å². The van der Waals surface area contributed by atoms with Gasteiger partial charge in [0.15, 0.2) is 0 Å². The molecule has 0 atom stereocenters. The molecule has 0 aromatic carbocycles. The standard InChI is InChI=1S/C11H22N2O2/c1-3-12-7-4-11(14)13(2)10-5-8-15-9-6-10/h10,12H,3-9H2,1-2H3. The molecular formula is C11H22N2O2. The third kappa shape index (κ3) is 4.18. The summed E-state index contributed by atoms with van der Waals surface area (Å²) in [7, 11) is 1.91. The molecule has 1 saturated heterocycles. The van der Waals surface area contributed by atoms with E-state index in [-0.39, 0.29) is 5.91 Å². The van der Waals surface area contributed by atoms with E-state index >= 15 is 0 Å². The molecule has 0 aromatic heterocycles. The molecule has 88 valence electrons. The fourth-order valence-electron chi connectivity index (χ4n) is 1.82. The second-order valence-corrected chi connectivity index (χ2v) is 3.95. The van der Waals surface area contributed by atoms with Crippen molar-refractivity contribution in [3.05, 3.63) is 0 Å². The van der Waals surface area contributed by atoms with E-state index in [4.69, 9.17) is 4.74 Å². The van der Waals surface area contributed by atoms with Crippen LogP contribution >= 0.6 is 0 Å². The van der Waals surface area contributed by atoms with Crippen molar-refractivity contribution in [2.45, 2.75) is 32.2 Å². The van der Waals surface area contributed by atoms with Gasteiger partial charge in [0, 0.05) is 39.3 Å². The second-order valence-electron chi connectivity index (χ2n) is 3.95. The molecular weight excluding hydrogens is 192 g/mol. The van der Waals surface area contributed by atoms with E-state index in [0.717, 1.165) is 39.1 Å². The highest BCUT2D eigenvalue weighted by atomic mass is 16.5. The van der Waals surface area contributed by atoms with Crippen molar-refractivity contribution in [1.29, 1.82) is 0 Å². The lowest BCUT2D eigenvalue weighted by Crippen LogP contribution is -2.41. The number of hydrogen-bond donors (Lipinski definition) is 1. The Morgan fingerprint density at radius 1 is 1.47 bits per heavy atom. The molecule has 0 spiro atoms. The van der Waals surface area contributed by atoms with E-state index < -0.39 is 0 Å². The number of nitrogens with zero attached hydrogens (tertiary/aromatic N) is 1. The summed E-state index contributed by atoms with van der Waals surface area (Å²) in [6.07, 6.45) is 2.55. The molecule has 1 amide bonds. The molecule has 1 N–H and O–H groups in total. The molecule has 0 saturated carbocycles. The minimum Gasteiger partial charge on any atom is -0.381 e. The van der Waals surface area contributed by atoms with Gasteiger partial charge >= 0.3 is 0 Å². The molecule has 4 nitrogen and oxygen atoms in total. The zero-order valence-electron chi connectivity index (χ0n) is 9.79. The number of carbonyl (C=O) groups is 1. The highest BCUT2D eigenvalue weighted by molar-refractivity contribution is 5.76. The Kier molecular flexibility index (Phi) is 5.65. The van der Waals surface area contributed by atoms with Gasteiger partial charge < -0.3 is 15.0 Å². The molecule has 1 rings (SSSR count). The van der Waals surface area contributed by atoms with E-state index in [1.54, 1.807) is 0 Å². The molecule has 15 heavy (non-hydrogen) atoms. The zero-order valence-corrected chi connectivity index (χ0v) is 9.79. The van der Waals surface area contributed by atoms with Crippen molar-refractivity contribution >= 4 is 5.91 Å². The van der Waals surface area contributed by atoms with Crippen molar-refractivity contribution in [1.82, 2.24) is 10.2 Å². The maximum Gasteiger partial charge on any atom is 0.223 e. The Morgan fingerprint density at radius 2 is 2.13 bits per heavy atom. The number of ether oxygens (including phenoxy) is 1. The quantitative estimate of drug-likeness (QED) is 0.682. The van der Waals surface area contributed by atoms with Crippen molar-refractivity contribution in [2.24, 2.45) is 0 Å². The maximum absolute atomic E-state index is 11.8. The summed E-state index contributed by atoms with van der Waals surface area (Å²) in [6.45, 7) is 5.33. The lowest BCUT2D eigenvalue weighted by Gasteiger charge is -2.31. The molecule has 1 fully saturated rings. The van der Waals surface area contributed by atoms with E-state index in [1.807, 2.05) is 18.9 Å². The van der Waals surface area contributed by atoms with Gasteiger partial charge in [-0.05, 0) is 19.4 Å². The average molecular weight is 214 g/mol. The fourth-order valence-corrected chi connectivity index (χ4v) is 1.82. The van der Waals surface area contributed by atoms with Crippen LogP contribution in [0.5, 0.6) is 0 Å². The topological polar surface area (TPSA) is 41.6 Å². The predicted octanol–water partition coefficient (Wildman–Crippen LogP) is 0.623. The van der Waals surface area contributed by atoms with Gasteiger partial charge in [-0.1, -0.05) is 6.92 Å². The highest BCUT2D eigenvalue weighted by Gasteiger charge is 2.21. The van der Waals surface area contributed by atoms with Gasteiger partial charge in [-0.3, -0.25) is 4.79 Å². The first-order chi connectivity index (χ1) is 7.25. The Balaban J connectivity index is 2.24. The summed E-state index contributed by atoms with van der Waals surface area (Å²) in [5.41, 5.74) is 0. The Labute approximate surface area is 92.0 Å². The van der Waals surface area contributed by atoms with Crippen LogP contribution in [0.3, 0.4) is 0 Å². The molecule has 0 aliphatic carbocycles. The normalized spacial score (nSPS) is 17.7. The zero-order chi connectivity index (χ0) is 11.1. The fraction of sp³-hybridized carbons (Fsp3) is 0.909. The third-order valence-electron chi connectivity index (χ3n) is 2.90. The van der Waals surface area contributed by atoms with Crippen LogP contribution in [0.1, 0.15) is 26.2 Å². The summed E-state index contributed by atoms with van der Waals surface area (Å²) < 4.78 is 5.28. The van der Waals surface area contributed by atoms with Crippen LogP contribution in [0.25, 0.3) is 0 Å². The second kappa shape index (κ2) is 6.80. The average Bonchev–Trinajstić information content (AvgIpc) is 2.29. The molecule has 1 aliphatic rings. The summed E-state index contributed by atoms with van der Waals surface area (Å²) >= 11 is 0. The monoisotopic (exact) mass is 214 g/mol. The van der Waals surface area contributed by atoms with Gasteiger partial charge in [0.25, 0.3) is 0 Å². The molecule has 1 aliphatic heterocycles. The van der Waals surface area contributed by atoms with Crippen LogP contribution < -0.4 is 5.32 Å². The van der Waals surface area contributed by atoms with Gasteiger partial charge in [0.2, 0.25) is 5.91 Å². The largest absolute Gasteiger partial charge is 0.381 e. The van der Waals surface area contributed by atoms with Crippen molar-refractivity contribution < 1.29 is 9.53 Å². The van der Waals surface area contributed by atoms with Crippen molar-refractivity contribution in [2.75, 3.05) is 33.4 Å². The summed E-state index contributed by atoms with van der Waals surface area (Å²) in [4.78, 5) is 13.7. The Morgan fingerprint density at radius 3 is 2.73 bits per heavy atom. The Hall–Kier alpha value is -0.610. The predicted molar refractivity (Wildman–Crippen MR) is 59.8 cm³/mol. The number of nitrogens with one attached hydrogen (secondary N) is 1. The summed E-state index contributed by atoms with van der Waals surface area (Å²) in [5, 5.41) is 3.16. The van der Waals surface area contributed by atoms with Crippen LogP contribution in [-0.4, -0.2) is 50.2 Å². The first-order valence-corrected chi connectivity index (χ1v) is 5.79. The number of carbonyl (C=O) groups excluding carboxylic acids is 1. The van der Waals surface area contributed by atoms with E-state index in [9.17, 15) is 4.79 Å². The lowest BCUT2D eigenvalue weighted by atomic mass is 10.1. The highest BCUT2D eigenvalue weighted by Crippen LogP contribution is 2.13. The SMILES string of the molecule is CCNCCC(=O)N(C)C1CCOCC1. The van der Waals surface area contributed by atoms with E-state index in [1.165, 1.54) is 0 Å². The summed E-state index contributed by atoms with van der Waals surface area (Å²) in [5.74, 6) is 0.239. The van der Waals surface area contributed by atoms with Crippen LogP contribution in [0, 0.1) is 0 Å². The number of rotatable bonds is 5. The molecule has 1 heterocycles. The molecule has 0 aromatic rings. The van der Waals surface area contributed by atoms with Gasteiger partial charge in [0.1, 0.15) is 0 Å². The maximum atomic E-state index is 11.8. The first-order valence-electron chi connectivity index (χ1n) is 5.79. The molecule has 4 heteroatoms. The number of amides is 1. The first kappa shape index (κ1) is 12.5. The van der Waals surface area contributed by atoms with Crippen LogP contribution in [0.15, 0.2) is 0 Å². The third-order valence-corrected chi connectivity index (χ3v) is 2.90. The van der Waals surface area contributed by atoms with Crippen LogP contribution in [0.2, 0.25) is 0 Å². The van der Waals surface area contributed by atoms with E-state index in [2.05, 4.69) is 5.32 Å². The smallest absolute Gasteiger partial charge is 0.223 e. The van der Waals surface area contributed by atoms with Gasteiger partial charge in [-0.25, -0.2) is 0 Å². The van der Waals surface area contributed by atoms with Crippen LogP contribution in [-0.2, 0) is 9.53 Å². The van der Waals surface area contributed by atoms with Gasteiger partial charge in [0.05, 0.1) is 0 Å². The number of hydrogen-bond acceptors (Lipinski definition) is 3. The van der Waals surface area contributed by atoms with Crippen molar-refractivity contribution in [3.8, 4) is 0 Å². The molecule has 0 unspecified atom stereocenters. The lowest BCUT2D eigenvalue weighted by molar-refractivity contribution is -0.133. The summed E-state index contributed by atoms with van der Waals surface area (Å²) in [6, 6.07) is 0.382. The van der Waals surface area contributed by atoms with Gasteiger partial charge in [-0.2, -0.15) is 0 Å². The van der Waals surface area contributed by atoms with Gasteiger partial charge in [-0.15, -0.1) is 0 Å².